The molecule has 1 aliphatic carbocycles. The summed E-state index contributed by atoms with van der Waals surface area (Å²) in [6.07, 6.45) is 6.21. The zero-order valence-electron chi connectivity index (χ0n) is 13.7. The Morgan fingerprint density at radius 1 is 1.27 bits per heavy atom. The summed E-state index contributed by atoms with van der Waals surface area (Å²) in [7, 11) is 0. The van der Waals surface area contributed by atoms with Crippen LogP contribution in [0.1, 0.15) is 56.3 Å². The number of esters is 1. The Labute approximate surface area is 133 Å². The molecule has 1 saturated carbocycles. The van der Waals surface area contributed by atoms with Gasteiger partial charge in [0.1, 0.15) is 6.10 Å². The quantitative estimate of drug-likeness (QED) is 0.625. The lowest BCUT2D eigenvalue weighted by molar-refractivity contribution is 0.0161. The number of hydrogen-bond acceptors (Lipinski definition) is 4. The third kappa shape index (κ3) is 4.47. The van der Waals surface area contributed by atoms with Crippen LogP contribution in [0.3, 0.4) is 0 Å². The predicted molar refractivity (Wildman–Crippen MR) is 89.8 cm³/mol. The number of nitrogens with two attached hydrogens (primary N) is 1. The SMILES string of the molecule is CCN[C@@H](C1CCCCC1)[C@@H](C)OC(=O)c1ccc(N)cc1. The molecule has 0 aromatic heterocycles. The number of ether oxygens (including phenoxy) is 1. The highest BCUT2D eigenvalue weighted by molar-refractivity contribution is 5.89. The molecule has 2 atom stereocenters. The molecule has 0 spiro atoms. The lowest BCUT2D eigenvalue weighted by atomic mass is 9.82. The van der Waals surface area contributed by atoms with Gasteiger partial charge in [0.15, 0.2) is 0 Å². The van der Waals surface area contributed by atoms with Crippen LogP contribution in [0, 0.1) is 5.92 Å². The Kier molecular flexibility index (Phi) is 6.25. The number of likely N-dealkylation sites (N-methyl/N-ethyl adjacent to an activating group) is 1. The summed E-state index contributed by atoms with van der Waals surface area (Å²) in [6, 6.07) is 7.12. The molecule has 4 heteroatoms. The van der Waals surface area contributed by atoms with Crippen LogP contribution < -0.4 is 11.1 Å². The average Bonchev–Trinajstić information content (AvgIpc) is 2.53. The molecule has 1 fully saturated rings. The minimum absolute atomic E-state index is 0.131. The summed E-state index contributed by atoms with van der Waals surface area (Å²) in [5.74, 6) is 0.328. The molecule has 0 amide bonds. The van der Waals surface area contributed by atoms with Crippen molar-refractivity contribution in [1.29, 1.82) is 0 Å². The molecule has 0 bridgehead atoms. The zero-order valence-corrected chi connectivity index (χ0v) is 13.7. The first-order valence-corrected chi connectivity index (χ1v) is 8.41. The summed E-state index contributed by atoms with van der Waals surface area (Å²) < 4.78 is 5.70. The van der Waals surface area contributed by atoms with Crippen LogP contribution in [-0.4, -0.2) is 24.7 Å². The first kappa shape index (κ1) is 16.8. The normalized spacial score (nSPS) is 18.6. The summed E-state index contributed by atoms with van der Waals surface area (Å²) in [4.78, 5) is 12.3. The number of hydrogen-bond donors (Lipinski definition) is 2. The topological polar surface area (TPSA) is 64.3 Å². The monoisotopic (exact) mass is 304 g/mol. The van der Waals surface area contributed by atoms with Gasteiger partial charge in [-0.25, -0.2) is 4.79 Å². The van der Waals surface area contributed by atoms with Gasteiger partial charge in [0.2, 0.25) is 0 Å². The molecule has 22 heavy (non-hydrogen) atoms. The van der Waals surface area contributed by atoms with E-state index in [2.05, 4.69) is 12.2 Å². The third-order valence-electron chi connectivity index (χ3n) is 4.54. The van der Waals surface area contributed by atoms with Gasteiger partial charge in [0.05, 0.1) is 5.56 Å². The first-order valence-electron chi connectivity index (χ1n) is 8.41. The highest BCUT2D eigenvalue weighted by Gasteiger charge is 2.29. The van der Waals surface area contributed by atoms with Crippen LogP contribution in [0.5, 0.6) is 0 Å². The molecule has 1 aliphatic rings. The van der Waals surface area contributed by atoms with Gasteiger partial charge in [-0.1, -0.05) is 26.2 Å². The predicted octanol–water partition coefficient (Wildman–Crippen LogP) is 3.37. The van der Waals surface area contributed by atoms with Crippen molar-refractivity contribution < 1.29 is 9.53 Å². The maximum atomic E-state index is 12.3. The second-order valence-corrected chi connectivity index (χ2v) is 6.21. The van der Waals surface area contributed by atoms with Crippen LogP contribution >= 0.6 is 0 Å². The van der Waals surface area contributed by atoms with Gasteiger partial charge in [-0.3, -0.25) is 0 Å². The molecule has 1 aromatic carbocycles. The third-order valence-corrected chi connectivity index (χ3v) is 4.54. The largest absolute Gasteiger partial charge is 0.457 e. The molecule has 4 nitrogen and oxygen atoms in total. The van der Waals surface area contributed by atoms with E-state index in [4.69, 9.17) is 10.5 Å². The molecular formula is C18H28N2O2. The fourth-order valence-corrected chi connectivity index (χ4v) is 3.37. The lowest BCUT2D eigenvalue weighted by Crippen LogP contribution is -2.46. The average molecular weight is 304 g/mol. The maximum Gasteiger partial charge on any atom is 0.338 e. The van der Waals surface area contributed by atoms with Gasteiger partial charge >= 0.3 is 5.97 Å². The van der Waals surface area contributed by atoms with E-state index >= 15 is 0 Å². The maximum absolute atomic E-state index is 12.3. The van der Waals surface area contributed by atoms with Gasteiger partial charge in [0, 0.05) is 11.7 Å². The van der Waals surface area contributed by atoms with Crippen LogP contribution in [0.15, 0.2) is 24.3 Å². The number of anilines is 1. The summed E-state index contributed by atoms with van der Waals surface area (Å²) in [6.45, 7) is 4.99. The standard InChI is InChI=1S/C18H28N2O2/c1-3-20-17(14-7-5-4-6-8-14)13(2)22-18(21)15-9-11-16(19)12-10-15/h9-14,17,20H,3-8,19H2,1-2H3/t13-,17-/m1/s1. The van der Waals surface area contributed by atoms with Gasteiger partial charge in [-0.05, 0) is 56.5 Å². The van der Waals surface area contributed by atoms with Gasteiger partial charge in [0.25, 0.3) is 0 Å². The summed E-state index contributed by atoms with van der Waals surface area (Å²) in [5.41, 5.74) is 6.86. The van der Waals surface area contributed by atoms with Crippen molar-refractivity contribution in [1.82, 2.24) is 5.32 Å². The van der Waals surface area contributed by atoms with E-state index in [9.17, 15) is 4.79 Å². The minimum Gasteiger partial charge on any atom is -0.457 e. The highest BCUT2D eigenvalue weighted by Crippen LogP contribution is 2.28. The Hall–Kier alpha value is -1.55. The van der Waals surface area contributed by atoms with Crippen molar-refractivity contribution >= 4 is 11.7 Å². The molecule has 0 unspecified atom stereocenters. The van der Waals surface area contributed by atoms with Crippen LogP contribution in [0.4, 0.5) is 5.69 Å². The lowest BCUT2D eigenvalue weighted by Gasteiger charge is -2.34. The van der Waals surface area contributed by atoms with E-state index in [-0.39, 0.29) is 18.1 Å². The Morgan fingerprint density at radius 3 is 2.50 bits per heavy atom. The molecule has 3 N–H and O–H groups in total. The van der Waals surface area contributed by atoms with E-state index in [0.717, 1.165) is 6.54 Å². The smallest absolute Gasteiger partial charge is 0.338 e. The van der Waals surface area contributed by atoms with Gasteiger partial charge in [-0.15, -0.1) is 0 Å². The van der Waals surface area contributed by atoms with E-state index in [1.165, 1.54) is 32.1 Å². The molecule has 0 saturated heterocycles. The number of nitrogen functional groups attached to an aromatic ring is 1. The van der Waals surface area contributed by atoms with Gasteiger partial charge in [-0.2, -0.15) is 0 Å². The van der Waals surface area contributed by atoms with Gasteiger partial charge < -0.3 is 15.8 Å². The van der Waals surface area contributed by atoms with E-state index in [1.54, 1.807) is 24.3 Å². The molecule has 1 aromatic rings. The molecule has 2 rings (SSSR count). The fourth-order valence-electron chi connectivity index (χ4n) is 3.37. The molecule has 0 aliphatic heterocycles. The van der Waals surface area contributed by atoms with E-state index in [0.29, 0.717) is 17.2 Å². The van der Waals surface area contributed by atoms with Crippen LogP contribution in [0.25, 0.3) is 0 Å². The molecule has 0 radical (unpaired) electrons. The van der Waals surface area contributed by atoms with E-state index in [1.807, 2.05) is 6.92 Å². The van der Waals surface area contributed by atoms with Crippen LogP contribution in [0.2, 0.25) is 0 Å². The summed E-state index contributed by atoms with van der Waals surface area (Å²) in [5, 5.41) is 3.52. The molecule has 122 valence electrons. The number of benzene rings is 1. The molecular weight excluding hydrogens is 276 g/mol. The second kappa shape index (κ2) is 8.18. The van der Waals surface area contributed by atoms with Crippen molar-refractivity contribution in [3.8, 4) is 0 Å². The van der Waals surface area contributed by atoms with E-state index < -0.39 is 0 Å². The first-order chi connectivity index (χ1) is 10.6. The highest BCUT2D eigenvalue weighted by atomic mass is 16.5. The Balaban J connectivity index is 1.98. The Morgan fingerprint density at radius 2 is 1.91 bits per heavy atom. The number of carbonyl (C=O) groups excluding carboxylic acids is 1. The number of carbonyl (C=O) groups is 1. The van der Waals surface area contributed by atoms with Crippen molar-refractivity contribution in [2.45, 2.75) is 58.1 Å². The second-order valence-electron chi connectivity index (χ2n) is 6.21. The minimum atomic E-state index is -0.272. The van der Waals surface area contributed by atoms with Crippen molar-refractivity contribution in [3.63, 3.8) is 0 Å². The Bertz CT molecular complexity index is 466. The number of nitrogens with one attached hydrogen (secondary N) is 1. The van der Waals surface area contributed by atoms with Crippen LogP contribution in [-0.2, 0) is 4.74 Å². The fraction of sp³-hybridized carbons (Fsp3) is 0.611. The van der Waals surface area contributed by atoms with Crippen molar-refractivity contribution in [3.05, 3.63) is 29.8 Å². The molecule has 0 heterocycles. The van der Waals surface area contributed by atoms with Crippen molar-refractivity contribution in [2.24, 2.45) is 5.92 Å². The summed E-state index contributed by atoms with van der Waals surface area (Å²) >= 11 is 0. The van der Waals surface area contributed by atoms with Crippen molar-refractivity contribution in [2.75, 3.05) is 12.3 Å². The number of rotatable bonds is 6. The zero-order chi connectivity index (χ0) is 15.9.